The summed E-state index contributed by atoms with van der Waals surface area (Å²) in [6.45, 7) is 1.83. The number of nitrogens with zero attached hydrogens (tertiary/aromatic N) is 2. The minimum Gasteiger partial charge on any atom is -0.497 e. The van der Waals surface area contributed by atoms with Crippen molar-refractivity contribution < 1.29 is 18.7 Å². The summed E-state index contributed by atoms with van der Waals surface area (Å²) in [5.41, 5.74) is 1.96. The Labute approximate surface area is 184 Å². The summed E-state index contributed by atoms with van der Waals surface area (Å²) >= 11 is 6.25. The van der Waals surface area contributed by atoms with E-state index in [1.807, 2.05) is 49.0 Å². The number of hydrogen-bond acceptors (Lipinski definition) is 5. The molecule has 4 aromatic rings. The maximum absolute atomic E-state index is 13.3. The highest BCUT2D eigenvalue weighted by Gasteiger charge is 2.26. The summed E-state index contributed by atoms with van der Waals surface area (Å²) in [6.07, 6.45) is 3.50. The molecule has 1 unspecified atom stereocenters. The summed E-state index contributed by atoms with van der Waals surface area (Å²) in [5.74, 6) is 1.69. The SMILES string of the molecule is COc1cc(OC)cc(C(NC(=O)c2oc3c(Cl)cccc3c2C)c2nccn2C)c1. The number of imidazole rings is 1. The Morgan fingerprint density at radius 3 is 2.48 bits per heavy atom. The highest BCUT2D eigenvalue weighted by atomic mass is 35.5. The van der Waals surface area contributed by atoms with Gasteiger partial charge in [0.05, 0.1) is 19.2 Å². The number of carbonyl (C=O) groups is 1. The zero-order valence-electron chi connectivity index (χ0n) is 17.6. The van der Waals surface area contributed by atoms with Gasteiger partial charge in [0.1, 0.15) is 23.4 Å². The van der Waals surface area contributed by atoms with Gasteiger partial charge in [0.15, 0.2) is 11.3 Å². The lowest BCUT2D eigenvalue weighted by molar-refractivity contribution is 0.0914. The molecule has 0 aliphatic heterocycles. The molecule has 0 saturated heterocycles. The number of fused-ring (bicyclic) bond motifs is 1. The molecule has 0 fully saturated rings. The zero-order valence-corrected chi connectivity index (χ0v) is 18.4. The van der Waals surface area contributed by atoms with Crippen LogP contribution in [0.2, 0.25) is 5.02 Å². The van der Waals surface area contributed by atoms with Crippen molar-refractivity contribution in [2.45, 2.75) is 13.0 Å². The average Bonchev–Trinajstić information content (AvgIpc) is 3.35. The van der Waals surface area contributed by atoms with Gasteiger partial charge >= 0.3 is 0 Å². The minimum atomic E-state index is -0.570. The second-order valence-corrected chi connectivity index (χ2v) is 7.53. The van der Waals surface area contributed by atoms with Gasteiger partial charge in [-0.2, -0.15) is 0 Å². The normalized spacial score (nSPS) is 12.0. The number of carbonyl (C=O) groups excluding carboxylic acids is 1. The van der Waals surface area contributed by atoms with Crippen molar-refractivity contribution in [3.63, 3.8) is 0 Å². The first-order valence-electron chi connectivity index (χ1n) is 9.61. The van der Waals surface area contributed by atoms with Gasteiger partial charge in [-0.25, -0.2) is 4.98 Å². The number of furan rings is 1. The molecule has 0 radical (unpaired) electrons. The fourth-order valence-corrected chi connectivity index (χ4v) is 3.78. The molecule has 1 atom stereocenters. The van der Waals surface area contributed by atoms with Crippen LogP contribution in [0.25, 0.3) is 11.0 Å². The van der Waals surface area contributed by atoms with Crippen LogP contribution in [0.3, 0.4) is 0 Å². The van der Waals surface area contributed by atoms with Crippen molar-refractivity contribution in [2.24, 2.45) is 7.05 Å². The Hall–Kier alpha value is -3.45. The van der Waals surface area contributed by atoms with Crippen molar-refractivity contribution in [1.82, 2.24) is 14.9 Å². The third-order valence-corrected chi connectivity index (χ3v) is 5.52. The number of methoxy groups -OCH3 is 2. The number of para-hydroxylation sites is 1. The van der Waals surface area contributed by atoms with Crippen LogP contribution in [-0.2, 0) is 7.05 Å². The molecule has 8 heteroatoms. The second-order valence-electron chi connectivity index (χ2n) is 7.12. The van der Waals surface area contributed by atoms with Crippen LogP contribution < -0.4 is 14.8 Å². The highest BCUT2D eigenvalue weighted by Crippen LogP contribution is 2.33. The number of halogens is 1. The Morgan fingerprint density at radius 2 is 1.90 bits per heavy atom. The number of nitrogens with one attached hydrogen (secondary N) is 1. The molecule has 31 heavy (non-hydrogen) atoms. The van der Waals surface area contributed by atoms with E-state index in [1.165, 1.54) is 0 Å². The van der Waals surface area contributed by atoms with Gasteiger partial charge in [-0.1, -0.05) is 23.7 Å². The highest BCUT2D eigenvalue weighted by molar-refractivity contribution is 6.35. The van der Waals surface area contributed by atoms with E-state index >= 15 is 0 Å². The predicted octanol–water partition coefficient (Wildman–Crippen LogP) is 4.66. The number of aryl methyl sites for hydroxylation is 2. The number of hydrogen-bond donors (Lipinski definition) is 1. The summed E-state index contributed by atoms with van der Waals surface area (Å²) in [5, 5.41) is 4.30. The first-order chi connectivity index (χ1) is 14.9. The first-order valence-corrected chi connectivity index (χ1v) is 9.99. The molecule has 0 aliphatic carbocycles. The zero-order chi connectivity index (χ0) is 22.1. The molecule has 160 valence electrons. The van der Waals surface area contributed by atoms with Crippen LogP contribution in [0.1, 0.15) is 33.5 Å². The fourth-order valence-electron chi connectivity index (χ4n) is 3.57. The van der Waals surface area contributed by atoms with Gasteiger partial charge in [-0.05, 0) is 30.7 Å². The number of aromatic nitrogens is 2. The van der Waals surface area contributed by atoms with Crippen molar-refractivity contribution in [3.05, 3.63) is 76.5 Å². The van der Waals surface area contributed by atoms with E-state index in [1.54, 1.807) is 32.5 Å². The largest absolute Gasteiger partial charge is 0.497 e. The third kappa shape index (κ3) is 3.84. The van der Waals surface area contributed by atoms with Crippen LogP contribution in [0.15, 0.2) is 53.2 Å². The Kier molecular flexibility index (Phi) is 5.61. The van der Waals surface area contributed by atoms with Gasteiger partial charge in [-0.15, -0.1) is 0 Å². The van der Waals surface area contributed by atoms with E-state index in [-0.39, 0.29) is 11.7 Å². The van der Waals surface area contributed by atoms with Gasteiger partial charge in [-0.3, -0.25) is 4.79 Å². The molecule has 0 bridgehead atoms. The maximum Gasteiger partial charge on any atom is 0.288 e. The lowest BCUT2D eigenvalue weighted by Gasteiger charge is -2.20. The fraction of sp³-hybridized carbons (Fsp3) is 0.217. The third-order valence-electron chi connectivity index (χ3n) is 5.22. The molecular weight excluding hydrogens is 418 g/mol. The Balaban J connectivity index is 1.78. The Morgan fingerprint density at radius 1 is 1.19 bits per heavy atom. The monoisotopic (exact) mass is 439 g/mol. The van der Waals surface area contributed by atoms with E-state index < -0.39 is 6.04 Å². The maximum atomic E-state index is 13.3. The summed E-state index contributed by atoms with van der Waals surface area (Å²) < 4.78 is 18.5. The molecule has 1 amide bonds. The summed E-state index contributed by atoms with van der Waals surface area (Å²) in [7, 11) is 5.02. The van der Waals surface area contributed by atoms with Crippen LogP contribution in [0.5, 0.6) is 11.5 Å². The van der Waals surface area contributed by atoms with Crippen LogP contribution in [0.4, 0.5) is 0 Å². The van der Waals surface area contributed by atoms with E-state index in [2.05, 4.69) is 10.3 Å². The molecule has 0 saturated carbocycles. The van der Waals surface area contributed by atoms with E-state index in [0.717, 1.165) is 16.5 Å². The van der Waals surface area contributed by atoms with E-state index in [9.17, 15) is 4.79 Å². The van der Waals surface area contributed by atoms with Crippen molar-refractivity contribution in [1.29, 1.82) is 0 Å². The second kappa shape index (κ2) is 8.35. The molecule has 7 nitrogen and oxygen atoms in total. The topological polar surface area (TPSA) is 78.5 Å². The predicted molar refractivity (Wildman–Crippen MR) is 118 cm³/mol. The van der Waals surface area contributed by atoms with Crippen LogP contribution >= 0.6 is 11.6 Å². The lowest BCUT2D eigenvalue weighted by Crippen LogP contribution is -2.31. The van der Waals surface area contributed by atoms with E-state index in [0.29, 0.717) is 27.9 Å². The molecule has 4 rings (SSSR count). The standard InChI is InChI=1S/C23H22ClN3O4/c1-13-17-6-5-7-18(24)21(17)31-20(13)23(28)26-19(22-25-8-9-27(22)2)14-10-15(29-3)12-16(11-14)30-4/h5-12,19H,1-4H3,(H,26,28). The number of rotatable bonds is 6. The molecule has 0 aliphatic rings. The van der Waals surface area contributed by atoms with Gasteiger partial charge < -0.3 is 23.8 Å². The molecule has 2 aromatic heterocycles. The van der Waals surface area contributed by atoms with Crippen LogP contribution in [0, 0.1) is 6.92 Å². The van der Waals surface area contributed by atoms with Gasteiger partial charge in [0, 0.05) is 36.5 Å². The number of amides is 1. The van der Waals surface area contributed by atoms with Gasteiger partial charge in [0.2, 0.25) is 0 Å². The number of ether oxygens (including phenoxy) is 2. The summed E-state index contributed by atoms with van der Waals surface area (Å²) in [6, 6.07) is 10.3. The average molecular weight is 440 g/mol. The lowest BCUT2D eigenvalue weighted by atomic mass is 10.0. The Bertz CT molecular complexity index is 1240. The van der Waals surface area contributed by atoms with Gasteiger partial charge in [0.25, 0.3) is 5.91 Å². The molecule has 0 spiro atoms. The molecule has 2 heterocycles. The van der Waals surface area contributed by atoms with Crippen molar-refractivity contribution in [2.75, 3.05) is 14.2 Å². The van der Waals surface area contributed by atoms with E-state index in [4.69, 9.17) is 25.5 Å². The molecule has 1 N–H and O–H groups in total. The molecular formula is C23H22ClN3O4. The van der Waals surface area contributed by atoms with Crippen molar-refractivity contribution in [3.8, 4) is 11.5 Å². The first kappa shape index (κ1) is 20.8. The summed E-state index contributed by atoms with van der Waals surface area (Å²) in [4.78, 5) is 17.7. The minimum absolute atomic E-state index is 0.206. The van der Waals surface area contributed by atoms with Crippen LogP contribution in [-0.4, -0.2) is 29.7 Å². The molecule has 2 aromatic carbocycles. The van der Waals surface area contributed by atoms with Crippen molar-refractivity contribution >= 4 is 28.5 Å². The number of benzene rings is 2. The quantitative estimate of drug-likeness (QED) is 0.472. The smallest absolute Gasteiger partial charge is 0.288 e.